The van der Waals surface area contributed by atoms with Crippen molar-refractivity contribution in [1.29, 1.82) is 0 Å². The molecule has 0 aliphatic heterocycles. The molecule has 1 rings (SSSR count). The number of hydrogen-bond donors (Lipinski definition) is 0. The highest BCUT2D eigenvalue weighted by atomic mass is 19.2. The Morgan fingerprint density at radius 2 is 1.91 bits per heavy atom. The first-order valence-electron chi connectivity index (χ1n) is 3.90. The molecular weight excluding hydrogens is 146 g/mol. The van der Waals surface area contributed by atoms with E-state index in [-0.39, 0.29) is 6.42 Å². The summed E-state index contributed by atoms with van der Waals surface area (Å²) in [6, 6.07) is 0. The van der Waals surface area contributed by atoms with Gasteiger partial charge in [0.1, 0.15) is 5.83 Å². The van der Waals surface area contributed by atoms with E-state index in [9.17, 15) is 8.78 Å². The molecule has 0 fully saturated rings. The zero-order valence-corrected chi connectivity index (χ0v) is 6.88. The highest BCUT2D eigenvalue weighted by Crippen LogP contribution is 2.32. The number of rotatable bonds is 1. The van der Waals surface area contributed by atoms with Crippen LogP contribution in [-0.2, 0) is 0 Å². The van der Waals surface area contributed by atoms with Crippen LogP contribution < -0.4 is 0 Å². The standard InChI is InChI=1S/C9H12F2/c1-3-7-4-5-8(10)9(11)6(7)2/h3-5H2,1-2H3. The van der Waals surface area contributed by atoms with E-state index < -0.39 is 11.7 Å². The lowest BCUT2D eigenvalue weighted by molar-refractivity contribution is 0.498. The molecule has 11 heavy (non-hydrogen) atoms. The Kier molecular flexibility index (Phi) is 2.42. The molecule has 0 spiro atoms. The van der Waals surface area contributed by atoms with Gasteiger partial charge in [0.25, 0.3) is 0 Å². The first kappa shape index (κ1) is 8.44. The smallest absolute Gasteiger partial charge is 0.157 e. The Morgan fingerprint density at radius 3 is 2.45 bits per heavy atom. The largest absolute Gasteiger partial charge is 0.209 e. The maximum atomic E-state index is 12.9. The molecule has 0 aromatic heterocycles. The van der Waals surface area contributed by atoms with Gasteiger partial charge in [-0.25, -0.2) is 8.78 Å². The summed E-state index contributed by atoms with van der Waals surface area (Å²) in [5, 5.41) is 0. The SMILES string of the molecule is CCC1=C(C)C(F)=C(F)CC1. The van der Waals surface area contributed by atoms with E-state index in [0.717, 1.165) is 12.0 Å². The van der Waals surface area contributed by atoms with Crippen molar-refractivity contribution in [2.75, 3.05) is 0 Å². The van der Waals surface area contributed by atoms with Crippen LogP contribution in [0.4, 0.5) is 8.78 Å². The third-order valence-corrected chi connectivity index (χ3v) is 2.17. The van der Waals surface area contributed by atoms with Crippen molar-refractivity contribution >= 4 is 0 Å². The van der Waals surface area contributed by atoms with Crippen molar-refractivity contribution in [3.63, 3.8) is 0 Å². The Labute approximate surface area is 65.6 Å². The van der Waals surface area contributed by atoms with Gasteiger partial charge >= 0.3 is 0 Å². The monoisotopic (exact) mass is 158 g/mol. The normalized spacial score (nSPS) is 19.6. The highest BCUT2D eigenvalue weighted by molar-refractivity contribution is 5.34. The Bertz CT molecular complexity index is 224. The van der Waals surface area contributed by atoms with Crippen molar-refractivity contribution < 1.29 is 8.78 Å². The van der Waals surface area contributed by atoms with Crippen LogP contribution in [-0.4, -0.2) is 0 Å². The van der Waals surface area contributed by atoms with Crippen molar-refractivity contribution in [3.05, 3.63) is 22.8 Å². The summed E-state index contributed by atoms with van der Waals surface area (Å²) in [7, 11) is 0. The Hall–Kier alpha value is -0.660. The van der Waals surface area contributed by atoms with Crippen LogP contribution in [0.15, 0.2) is 22.8 Å². The second-order valence-corrected chi connectivity index (χ2v) is 2.80. The second-order valence-electron chi connectivity index (χ2n) is 2.80. The average molecular weight is 158 g/mol. The van der Waals surface area contributed by atoms with Crippen LogP contribution in [0.3, 0.4) is 0 Å². The van der Waals surface area contributed by atoms with Crippen LogP contribution in [0.2, 0.25) is 0 Å². The summed E-state index contributed by atoms with van der Waals surface area (Å²) in [6.07, 6.45) is 1.75. The summed E-state index contributed by atoms with van der Waals surface area (Å²) in [5.74, 6) is -1.21. The van der Waals surface area contributed by atoms with Crippen molar-refractivity contribution in [3.8, 4) is 0 Å². The van der Waals surface area contributed by atoms with Crippen LogP contribution in [0.25, 0.3) is 0 Å². The third kappa shape index (κ3) is 1.50. The fraction of sp³-hybridized carbons (Fsp3) is 0.556. The van der Waals surface area contributed by atoms with E-state index >= 15 is 0 Å². The van der Waals surface area contributed by atoms with Gasteiger partial charge in [-0.3, -0.25) is 0 Å². The lowest BCUT2D eigenvalue weighted by Gasteiger charge is -2.14. The average Bonchev–Trinajstić information content (AvgIpc) is 2.01. The number of allylic oxidation sites excluding steroid dienone is 4. The first-order chi connectivity index (χ1) is 5.16. The minimum absolute atomic E-state index is 0.242. The summed E-state index contributed by atoms with van der Waals surface area (Å²) >= 11 is 0. The first-order valence-corrected chi connectivity index (χ1v) is 3.90. The second kappa shape index (κ2) is 3.16. The van der Waals surface area contributed by atoms with Crippen LogP contribution in [0, 0.1) is 0 Å². The molecule has 1 aliphatic rings. The molecule has 0 saturated heterocycles. The molecule has 0 bridgehead atoms. The van der Waals surface area contributed by atoms with E-state index in [1.54, 1.807) is 6.92 Å². The van der Waals surface area contributed by atoms with Gasteiger partial charge in [-0.2, -0.15) is 0 Å². The molecule has 0 aromatic rings. The molecule has 0 saturated carbocycles. The van der Waals surface area contributed by atoms with Gasteiger partial charge in [0.2, 0.25) is 0 Å². The zero-order chi connectivity index (χ0) is 8.43. The topological polar surface area (TPSA) is 0 Å². The summed E-state index contributed by atoms with van der Waals surface area (Å²) in [4.78, 5) is 0. The fourth-order valence-electron chi connectivity index (χ4n) is 1.36. The summed E-state index contributed by atoms with van der Waals surface area (Å²) in [6.45, 7) is 3.61. The van der Waals surface area contributed by atoms with Crippen molar-refractivity contribution in [1.82, 2.24) is 0 Å². The van der Waals surface area contributed by atoms with Gasteiger partial charge in [0.15, 0.2) is 5.83 Å². The minimum Gasteiger partial charge on any atom is -0.209 e. The molecule has 0 amide bonds. The molecule has 0 heterocycles. The van der Waals surface area contributed by atoms with Crippen molar-refractivity contribution in [2.24, 2.45) is 0 Å². The minimum atomic E-state index is -0.631. The molecule has 0 aromatic carbocycles. The molecule has 0 atom stereocenters. The predicted octanol–water partition coefficient (Wildman–Crippen LogP) is 3.66. The van der Waals surface area contributed by atoms with Crippen LogP contribution in [0.1, 0.15) is 33.1 Å². The van der Waals surface area contributed by atoms with Gasteiger partial charge in [-0.15, -0.1) is 0 Å². The number of hydrogen-bond acceptors (Lipinski definition) is 0. The van der Waals surface area contributed by atoms with E-state index in [4.69, 9.17) is 0 Å². The van der Waals surface area contributed by atoms with Gasteiger partial charge in [0, 0.05) is 6.42 Å². The highest BCUT2D eigenvalue weighted by Gasteiger charge is 2.17. The van der Waals surface area contributed by atoms with Crippen molar-refractivity contribution in [2.45, 2.75) is 33.1 Å². The molecule has 0 nitrogen and oxygen atoms in total. The summed E-state index contributed by atoms with van der Waals surface area (Å²) < 4.78 is 25.5. The summed E-state index contributed by atoms with van der Waals surface area (Å²) in [5.41, 5.74) is 1.56. The van der Waals surface area contributed by atoms with Crippen LogP contribution >= 0.6 is 0 Å². The lowest BCUT2D eigenvalue weighted by Crippen LogP contribution is -1.98. The van der Waals surface area contributed by atoms with E-state index in [0.29, 0.717) is 12.0 Å². The maximum absolute atomic E-state index is 12.9. The van der Waals surface area contributed by atoms with Crippen LogP contribution in [0.5, 0.6) is 0 Å². The van der Waals surface area contributed by atoms with E-state index in [2.05, 4.69) is 0 Å². The Balaban J connectivity index is 2.98. The van der Waals surface area contributed by atoms with Gasteiger partial charge in [-0.05, 0) is 25.3 Å². The Morgan fingerprint density at radius 1 is 1.27 bits per heavy atom. The van der Waals surface area contributed by atoms with Gasteiger partial charge < -0.3 is 0 Å². The molecule has 1 aliphatic carbocycles. The molecule has 0 N–H and O–H groups in total. The molecule has 0 unspecified atom stereocenters. The molecule has 62 valence electrons. The molecule has 0 radical (unpaired) electrons. The van der Waals surface area contributed by atoms with Gasteiger partial charge in [-0.1, -0.05) is 12.5 Å². The molecular formula is C9H12F2. The van der Waals surface area contributed by atoms with Gasteiger partial charge in [0.05, 0.1) is 0 Å². The fourth-order valence-corrected chi connectivity index (χ4v) is 1.36. The third-order valence-electron chi connectivity index (χ3n) is 2.17. The lowest BCUT2D eigenvalue weighted by atomic mass is 9.95. The quantitative estimate of drug-likeness (QED) is 0.546. The number of halogens is 2. The van der Waals surface area contributed by atoms with E-state index in [1.807, 2.05) is 6.92 Å². The maximum Gasteiger partial charge on any atom is 0.157 e. The van der Waals surface area contributed by atoms with E-state index in [1.165, 1.54) is 0 Å². The zero-order valence-electron chi connectivity index (χ0n) is 6.88. The predicted molar refractivity (Wildman–Crippen MR) is 41.5 cm³/mol. The molecule has 2 heteroatoms.